The summed E-state index contributed by atoms with van der Waals surface area (Å²) in [7, 11) is 0. The van der Waals surface area contributed by atoms with Crippen LogP contribution in [0.5, 0.6) is 0 Å². The number of nitrogens with one attached hydrogen (secondary N) is 2. The second-order valence-electron chi connectivity index (χ2n) is 7.48. The smallest absolute Gasteiger partial charge is 0.350 e. The van der Waals surface area contributed by atoms with E-state index < -0.39 is 61.1 Å². The van der Waals surface area contributed by atoms with Crippen molar-refractivity contribution in [1.82, 2.24) is 25.8 Å². The maximum atomic E-state index is 14.1. The molecule has 2 amide bonds. The summed E-state index contributed by atoms with van der Waals surface area (Å²) in [6, 6.07) is 1.61. The molecule has 0 spiro atoms. The van der Waals surface area contributed by atoms with E-state index in [9.17, 15) is 40.3 Å². The summed E-state index contributed by atoms with van der Waals surface area (Å²) in [6.45, 7) is -1.38. The van der Waals surface area contributed by atoms with E-state index >= 15 is 0 Å². The minimum atomic E-state index is -4.55. The third kappa shape index (κ3) is 10.7. The molecule has 1 atom stereocenters. The number of hydrogen-bond acceptors (Lipinski definition) is 9. The van der Waals surface area contributed by atoms with Gasteiger partial charge in [0.1, 0.15) is 11.2 Å². The van der Waals surface area contributed by atoms with Gasteiger partial charge in [0, 0.05) is 19.2 Å². The molecule has 2 aromatic heterocycles. The summed E-state index contributed by atoms with van der Waals surface area (Å²) in [5.41, 5.74) is -1.41. The molecule has 38 heavy (non-hydrogen) atoms. The van der Waals surface area contributed by atoms with Crippen LogP contribution < -0.4 is 16.5 Å². The number of hydrogen-bond donors (Lipinski definition) is 3. The Hall–Kier alpha value is -3.70. The molecule has 2 rings (SSSR count). The van der Waals surface area contributed by atoms with Crippen LogP contribution in [-0.2, 0) is 23.9 Å². The van der Waals surface area contributed by atoms with Crippen LogP contribution >= 0.6 is 11.3 Å². The fraction of sp³-hybridized carbons (Fsp3) is 0.450. The number of aromatic nitrogens is 3. The first-order chi connectivity index (χ1) is 17.8. The van der Waals surface area contributed by atoms with Crippen molar-refractivity contribution in [1.29, 1.82) is 0 Å². The number of carbonyl (C=O) groups is 2. The van der Waals surface area contributed by atoms with Crippen molar-refractivity contribution in [3.63, 3.8) is 0 Å². The van der Waals surface area contributed by atoms with E-state index in [0.717, 1.165) is 35.9 Å². The van der Waals surface area contributed by atoms with Gasteiger partial charge in [0.2, 0.25) is 5.01 Å². The van der Waals surface area contributed by atoms with Gasteiger partial charge in [0.25, 0.3) is 11.8 Å². The normalized spacial score (nSPS) is 13.5. The summed E-state index contributed by atoms with van der Waals surface area (Å²) in [4.78, 5) is 31.4. The zero-order valence-corrected chi connectivity index (χ0v) is 20.1. The van der Waals surface area contributed by atoms with Crippen molar-refractivity contribution in [2.75, 3.05) is 13.1 Å². The third-order valence-corrected chi connectivity index (χ3v) is 5.47. The van der Waals surface area contributed by atoms with Gasteiger partial charge < -0.3 is 16.5 Å². The highest BCUT2D eigenvalue weighted by atomic mass is 32.1. The van der Waals surface area contributed by atoms with E-state index in [1.807, 2.05) is 5.32 Å². The number of halogens is 7. The quantitative estimate of drug-likeness (QED) is 0.155. The summed E-state index contributed by atoms with van der Waals surface area (Å²) in [6.07, 6.45) is -9.96. The Labute approximate surface area is 214 Å². The van der Waals surface area contributed by atoms with Crippen LogP contribution in [0.15, 0.2) is 28.4 Å². The van der Waals surface area contributed by atoms with Gasteiger partial charge in [-0.2, -0.15) is 31.4 Å². The van der Waals surface area contributed by atoms with Crippen LogP contribution in [0.1, 0.15) is 38.9 Å². The molecule has 0 aliphatic rings. The van der Waals surface area contributed by atoms with Gasteiger partial charge in [-0.1, -0.05) is 11.3 Å². The number of hydrazone groups is 1. The van der Waals surface area contributed by atoms with Crippen LogP contribution in [-0.4, -0.2) is 64.4 Å². The fourth-order valence-electron chi connectivity index (χ4n) is 2.63. The van der Waals surface area contributed by atoms with Crippen molar-refractivity contribution in [3.05, 3.63) is 39.6 Å². The average molecular weight is 570 g/mol. The van der Waals surface area contributed by atoms with E-state index in [2.05, 4.69) is 30.6 Å². The first-order valence-electron chi connectivity index (χ1n) is 10.7. The molecule has 0 saturated carbocycles. The number of aryl methyl sites for hydroxylation is 1. The predicted octanol–water partition coefficient (Wildman–Crippen LogP) is 2.61. The minimum absolute atomic E-state index is 0.0135. The van der Waals surface area contributed by atoms with Crippen molar-refractivity contribution >= 4 is 35.1 Å². The lowest BCUT2D eigenvalue weighted by Crippen LogP contribution is -2.35. The molecule has 1 unspecified atom stereocenters. The van der Waals surface area contributed by atoms with Gasteiger partial charge in [-0.25, -0.2) is 4.39 Å². The zero-order valence-electron chi connectivity index (χ0n) is 19.3. The molecule has 4 N–H and O–H groups in total. The van der Waals surface area contributed by atoms with Gasteiger partial charge in [-0.15, -0.1) is 10.2 Å². The molecular formula is C20H21F7N8O2S. The van der Waals surface area contributed by atoms with Crippen LogP contribution in [0.2, 0.25) is 0 Å². The SMILES string of the molecule is NN=C(C=NCC(F)CCc1nnc(C(=O)NCc2cc(C(F)(F)F)ccn2)s1)C(=O)NCCC(F)(F)F. The Morgan fingerprint density at radius 1 is 1.16 bits per heavy atom. The standard InChI is InChI=1S/C20H21F7N8O2S/c21-12(8-29-10-14(33-28)16(36)31-6-4-19(22,23)24)1-2-15-34-35-18(38-15)17(37)32-9-13-7-11(3-5-30-13)20(25,26)27/h3,5,7,10,12H,1-2,4,6,8-9,28H2,(H,31,36)(H,32,37). The summed E-state index contributed by atoms with van der Waals surface area (Å²) >= 11 is 0.863. The molecule has 0 fully saturated rings. The number of amides is 2. The molecule has 2 aromatic rings. The fourth-order valence-corrected chi connectivity index (χ4v) is 3.40. The van der Waals surface area contributed by atoms with Crippen molar-refractivity contribution < 1.29 is 40.3 Å². The average Bonchev–Trinajstić information content (AvgIpc) is 3.32. The van der Waals surface area contributed by atoms with E-state index in [1.165, 1.54) is 0 Å². The predicted molar refractivity (Wildman–Crippen MR) is 122 cm³/mol. The van der Waals surface area contributed by atoms with Gasteiger partial charge in [-0.3, -0.25) is 19.6 Å². The molecule has 0 bridgehead atoms. The molecule has 0 aliphatic heterocycles. The van der Waals surface area contributed by atoms with Gasteiger partial charge in [0.05, 0.1) is 37.0 Å². The van der Waals surface area contributed by atoms with Gasteiger partial charge in [-0.05, 0) is 18.6 Å². The molecule has 2 heterocycles. The third-order valence-electron chi connectivity index (χ3n) is 4.49. The zero-order chi connectivity index (χ0) is 28.3. The lowest BCUT2D eigenvalue weighted by atomic mass is 10.2. The summed E-state index contributed by atoms with van der Waals surface area (Å²) in [5, 5.41) is 15.1. The van der Waals surface area contributed by atoms with Crippen molar-refractivity contribution in [2.45, 2.75) is 44.3 Å². The number of carbonyl (C=O) groups excluding carboxylic acids is 2. The lowest BCUT2D eigenvalue weighted by molar-refractivity contribution is -0.138. The number of nitrogens with two attached hydrogens (primary N) is 1. The number of aliphatic imine (C=N–C) groups is 1. The second-order valence-corrected chi connectivity index (χ2v) is 8.54. The monoisotopic (exact) mass is 570 g/mol. The van der Waals surface area contributed by atoms with Gasteiger partial charge in [0.15, 0.2) is 5.71 Å². The molecular weight excluding hydrogens is 549 g/mol. The molecule has 10 nitrogen and oxygen atoms in total. The maximum absolute atomic E-state index is 14.1. The van der Waals surface area contributed by atoms with Gasteiger partial charge >= 0.3 is 12.4 Å². The first kappa shape index (κ1) is 30.5. The van der Waals surface area contributed by atoms with Crippen molar-refractivity contribution in [3.8, 4) is 0 Å². The summed E-state index contributed by atoms with van der Waals surface area (Å²) < 4.78 is 88.8. The van der Waals surface area contributed by atoms with E-state index in [-0.39, 0.29) is 30.1 Å². The molecule has 0 saturated heterocycles. The number of nitrogens with zero attached hydrogens (tertiary/aromatic N) is 5. The summed E-state index contributed by atoms with van der Waals surface area (Å²) in [5.74, 6) is 3.31. The Balaban J connectivity index is 1.77. The molecule has 0 aliphatic carbocycles. The van der Waals surface area contributed by atoms with Crippen LogP contribution in [0.4, 0.5) is 30.7 Å². The molecule has 0 aromatic carbocycles. The highest BCUT2D eigenvalue weighted by molar-refractivity contribution is 7.13. The molecule has 18 heteroatoms. The Morgan fingerprint density at radius 3 is 2.55 bits per heavy atom. The number of rotatable bonds is 12. The largest absolute Gasteiger partial charge is 0.416 e. The Bertz CT molecular complexity index is 1150. The van der Waals surface area contributed by atoms with Crippen LogP contribution in [0.3, 0.4) is 0 Å². The molecule has 208 valence electrons. The number of alkyl halides is 7. The highest BCUT2D eigenvalue weighted by Gasteiger charge is 2.30. The molecule has 0 radical (unpaired) electrons. The van der Waals surface area contributed by atoms with E-state index in [1.54, 1.807) is 0 Å². The van der Waals surface area contributed by atoms with Crippen molar-refractivity contribution in [2.24, 2.45) is 15.9 Å². The topological polar surface area (TPSA) is 148 Å². The lowest BCUT2D eigenvalue weighted by Gasteiger charge is -2.08. The van der Waals surface area contributed by atoms with Crippen LogP contribution in [0, 0.1) is 0 Å². The Kier molecular flexibility index (Phi) is 11.0. The maximum Gasteiger partial charge on any atom is 0.416 e. The van der Waals surface area contributed by atoms with E-state index in [0.29, 0.717) is 5.01 Å². The van der Waals surface area contributed by atoms with Crippen LogP contribution in [0.25, 0.3) is 0 Å². The minimum Gasteiger partial charge on any atom is -0.350 e. The van der Waals surface area contributed by atoms with E-state index in [4.69, 9.17) is 5.84 Å². The number of pyridine rings is 1. The first-order valence-corrected chi connectivity index (χ1v) is 11.5. The highest BCUT2D eigenvalue weighted by Crippen LogP contribution is 2.29. The Morgan fingerprint density at radius 2 is 1.89 bits per heavy atom. The second kappa shape index (κ2) is 13.7.